The summed E-state index contributed by atoms with van der Waals surface area (Å²) in [5, 5.41) is 19.0. The van der Waals surface area contributed by atoms with Crippen LogP contribution < -0.4 is 4.74 Å². The molecule has 0 saturated heterocycles. The Kier molecular flexibility index (Phi) is 8.57. The molecule has 0 heterocycles. The van der Waals surface area contributed by atoms with Crippen molar-refractivity contribution < 1.29 is 24.5 Å². The number of aliphatic hydroxyl groups excluding tert-OH is 1. The van der Waals surface area contributed by atoms with E-state index in [4.69, 9.17) is 4.74 Å². The van der Waals surface area contributed by atoms with Crippen LogP contribution in [0, 0.1) is 5.41 Å². The van der Waals surface area contributed by atoms with Gasteiger partial charge in [0.2, 0.25) is 0 Å². The first-order chi connectivity index (χ1) is 14.7. The Balaban J connectivity index is 2.33. The van der Waals surface area contributed by atoms with Crippen LogP contribution in [0.5, 0.6) is 11.5 Å². The lowest BCUT2D eigenvalue weighted by molar-refractivity contribution is -0.130. The fraction of sp³-hybridized carbons (Fsp3) is 0.385. The molecule has 2 N–H and O–H groups in total. The van der Waals surface area contributed by atoms with Gasteiger partial charge in [-0.05, 0) is 66.5 Å². The van der Waals surface area contributed by atoms with Crippen molar-refractivity contribution in [2.45, 2.75) is 51.9 Å². The lowest BCUT2D eigenvalue weighted by atomic mass is 9.73. The Morgan fingerprint density at radius 1 is 1.03 bits per heavy atom. The molecular weight excluding hydrogens is 392 g/mol. The number of Topliss-reactive ketones (excluding diaryl/α,β-unsaturated/α-hetero) is 1. The maximum Gasteiger partial charge on any atom is 0.335 e. The van der Waals surface area contributed by atoms with Crippen molar-refractivity contribution >= 4 is 11.8 Å². The number of ether oxygens (including phenoxy) is 1. The molecule has 5 heteroatoms. The van der Waals surface area contributed by atoms with Crippen LogP contribution in [0.2, 0.25) is 0 Å². The molecule has 0 spiro atoms. The fourth-order valence-corrected chi connectivity index (χ4v) is 3.88. The van der Waals surface area contributed by atoms with Gasteiger partial charge in [-0.15, -0.1) is 0 Å². The van der Waals surface area contributed by atoms with E-state index in [0.717, 1.165) is 30.0 Å². The van der Waals surface area contributed by atoms with Crippen molar-refractivity contribution in [2.75, 3.05) is 6.61 Å². The van der Waals surface area contributed by atoms with Crippen molar-refractivity contribution in [1.29, 1.82) is 0 Å². The second-order valence-corrected chi connectivity index (χ2v) is 8.49. The maximum absolute atomic E-state index is 12.3. The summed E-state index contributed by atoms with van der Waals surface area (Å²) in [4.78, 5) is 23.8. The summed E-state index contributed by atoms with van der Waals surface area (Å²) in [5.74, 6) is 0.250. The van der Waals surface area contributed by atoms with Gasteiger partial charge in [-0.1, -0.05) is 51.6 Å². The SMILES string of the molecule is C=CC(=O)Oc1ccc(C(CC(CC)c2ccc(O)cc2)CC(C)(C)C(=O)CO)cc1. The van der Waals surface area contributed by atoms with Gasteiger partial charge >= 0.3 is 5.97 Å². The second-order valence-electron chi connectivity index (χ2n) is 8.49. The minimum atomic E-state index is -0.680. The van der Waals surface area contributed by atoms with Gasteiger partial charge in [-0.2, -0.15) is 0 Å². The third kappa shape index (κ3) is 6.79. The van der Waals surface area contributed by atoms with E-state index in [0.29, 0.717) is 12.2 Å². The van der Waals surface area contributed by atoms with E-state index in [1.165, 1.54) is 0 Å². The molecule has 0 bridgehead atoms. The molecule has 0 saturated carbocycles. The number of rotatable bonds is 11. The summed E-state index contributed by atoms with van der Waals surface area (Å²) >= 11 is 0. The minimum Gasteiger partial charge on any atom is -0.508 e. The van der Waals surface area contributed by atoms with Gasteiger partial charge in [0.25, 0.3) is 0 Å². The van der Waals surface area contributed by atoms with Gasteiger partial charge in [-0.25, -0.2) is 4.79 Å². The normalized spacial score (nSPS) is 13.3. The number of phenolic OH excluding ortho intramolecular Hbond substituents is 1. The Hall–Kier alpha value is -2.92. The Bertz CT molecular complexity index is 881. The minimum absolute atomic E-state index is 0.0495. The number of aromatic hydroxyl groups is 1. The summed E-state index contributed by atoms with van der Waals surface area (Å²) in [5.41, 5.74) is 1.49. The first-order valence-corrected chi connectivity index (χ1v) is 10.6. The number of ketones is 1. The highest BCUT2D eigenvalue weighted by Gasteiger charge is 2.32. The molecule has 0 amide bonds. The summed E-state index contributed by atoms with van der Waals surface area (Å²) in [6.45, 7) is 8.76. The highest BCUT2D eigenvalue weighted by Crippen LogP contribution is 2.40. The van der Waals surface area contributed by atoms with E-state index >= 15 is 0 Å². The topological polar surface area (TPSA) is 83.8 Å². The van der Waals surface area contributed by atoms with E-state index in [1.54, 1.807) is 24.3 Å². The van der Waals surface area contributed by atoms with Gasteiger partial charge in [-0.3, -0.25) is 4.79 Å². The molecule has 0 aliphatic heterocycles. The predicted molar refractivity (Wildman–Crippen MR) is 121 cm³/mol. The zero-order chi connectivity index (χ0) is 23.0. The predicted octanol–water partition coefficient (Wildman–Crippen LogP) is 5.13. The van der Waals surface area contributed by atoms with Crippen LogP contribution in [-0.4, -0.2) is 28.6 Å². The van der Waals surface area contributed by atoms with Crippen LogP contribution in [0.3, 0.4) is 0 Å². The molecule has 0 aromatic heterocycles. The Morgan fingerprint density at radius 2 is 1.58 bits per heavy atom. The number of aliphatic hydroxyl groups is 1. The first kappa shape index (κ1) is 24.4. The van der Waals surface area contributed by atoms with Gasteiger partial charge in [0, 0.05) is 11.5 Å². The van der Waals surface area contributed by atoms with Gasteiger partial charge in [0.05, 0.1) is 0 Å². The molecule has 0 aliphatic rings. The highest BCUT2D eigenvalue weighted by atomic mass is 16.5. The average molecular weight is 425 g/mol. The quantitative estimate of drug-likeness (QED) is 0.297. The van der Waals surface area contributed by atoms with Crippen molar-refractivity contribution in [3.8, 4) is 11.5 Å². The largest absolute Gasteiger partial charge is 0.508 e. The van der Waals surface area contributed by atoms with Crippen molar-refractivity contribution in [3.05, 3.63) is 72.3 Å². The molecule has 2 unspecified atom stereocenters. The third-order valence-corrected chi connectivity index (χ3v) is 5.82. The number of hydrogen-bond acceptors (Lipinski definition) is 5. The number of phenols is 1. The molecule has 2 aromatic carbocycles. The van der Waals surface area contributed by atoms with Gasteiger partial charge < -0.3 is 14.9 Å². The average Bonchev–Trinajstić information content (AvgIpc) is 2.77. The molecule has 2 atom stereocenters. The summed E-state index contributed by atoms with van der Waals surface area (Å²) < 4.78 is 5.17. The van der Waals surface area contributed by atoms with E-state index in [9.17, 15) is 19.8 Å². The highest BCUT2D eigenvalue weighted by molar-refractivity contribution is 5.85. The Morgan fingerprint density at radius 3 is 2.10 bits per heavy atom. The molecule has 2 aromatic rings. The summed E-state index contributed by atoms with van der Waals surface area (Å²) in [6, 6.07) is 14.6. The standard InChI is InChI=1S/C26H32O5/c1-5-18(19-7-11-22(28)12-8-19)15-21(16-26(3,4)24(29)17-27)20-9-13-23(14-10-20)31-25(30)6-2/h6-14,18,21,27-28H,2,5,15-17H2,1,3-4H3. The lowest BCUT2D eigenvalue weighted by Crippen LogP contribution is -2.29. The number of carbonyl (C=O) groups is 2. The molecule has 31 heavy (non-hydrogen) atoms. The molecule has 2 rings (SSSR count). The smallest absolute Gasteiger partial charge is 0.335 e. The summed E-state index contributed by atoms with van der Waals surface area (Å²) in [7, 11) is 0. The van der Waals surface area contributed by atoms with Crippen molar-refractivity contribution in [3.63, 3.8) is 0 Å². The molecule has 0 aliphatic carbocycles. The summed E-state index contributed by atoms with van der Waals surface area (Å²) in [6.07, 6.45) is 3.40. The third-order valence-electron chi connectivity index (χ3n) is 5.82. The monoisotopic (exact) mass is 424 g/mol. The van der Waals surface area contributed by atoms with Crippen LogP contribution in [0.15, 0.2) is 61.2 Å². The van der Waals surface area contributed by atoms with Crippen LogP contribution in [0.4, 0.5) is 0 Å². The van der Waals surface area contributed by atoms with E-state index in [1.807, 2.05) is 38.1 Å². The maximum atomic E-state index is 12.3. The van der Waals surface area contributed by atoms with E-state index < -0.39 is 18.0 Å². The molecular formula is C26H32O5. The fourth-order valence-electron chi connectivity index (χ4n) is 3.88. The Labute approximate surface area is 184 Å². The molecule has 0 fully saturated rings. The van der Waals surface area contributed by atoms with E-state index in [2.05, 4.69) is 13.5 Å². The number of benzene rings is 2. The van der Waals surface area contributed by atoms with Crippen LogP contribution in [-0.2, 0) is 9.59 Å². The van der Waals surface area contributed by atoms with Crippen molar-refractivity contribution in [2.24, 2.45) is 5.41 Å². The number of hydrogen-bond donors (Lipinski definition) is 2. The zero-order valence-electron chi connectivity index (χ0n) is 18.5. The van der Waals surface area contributed by atoms with Gasteiger partial charge in [0.1, 0.15) is 18.1 Å². The molecule has 0 radical (unpaired) electrons. The number of esters is 1. The van der Waals surface area contributed by atoms with Crippen LogP contribution in [0.25, 0.3) is 0 Å². The van der Waals surface area contributed by atoms with Crippen molar-refractivity contribution in [1.82, 2.24) is 0 Å². The molecule has 5 nitrogen and oxygen atoms in total. The second kappa shape index (κ2) is 10.9. The lowest BCUT2D eigenvalue weighted by Gasteiger charge is -2.31. The number of carbonyl (C=O) groups excluding carboxylic acids is 2. The van der Waals surface area contributed by atoms with Crippen LogP contribution in [0.1, 0.15) is 63.0 Å². The van der Waals surface area contributed by atoms with E-state index in [-0.39, 0.29) is 23.4 Å². The zero-order valence-corrected chi connectivity index (χ0v) is 18.5. The van der Waals surface area contributed by atoms with Gasteiger partial charge in [0.15, 0.2) is 5.78 Å². The van der Waals surface area contributed by atoms with Crippen LogP contribution >= 0.6 is 0 Å². The first-order valence-electron chi connectivity index (χ1n) is 10.6. The molecule has 166 valence electrons.